The first-order valence-electron chi connectivity index (χ1n) is 8.36. The van der Waals surface area contributed by atoms with Crippen molar-refractivity contribution in [2.45, 2.75) is 91.3 Å². The van der Waals surface area contributed by atoms with Gasteiger partial charge in [-0.3, -0.25) is 4.90 Å². The van der Waals surface area contributed by atoms with Crippen LogP contribution >= 0.6 is 0 Å². The highest BCUT2D eigenvalue weighted by molar-refractivity contribution is 4.83. The zero-order valence-corrected chi connectivity index (χ0v) is 14.1. The molecular formula is C17H36N2. The van der Waals surface area contributed by atoms with Crippen molar-refractivity contribution in [1.82, 2.24) is 10.2 Å². The van der Waals surface area contributed by atoms with Gasteiger partial charge in [-0.2, -0.15) is 0 Å². The zero-order valence-electron chi connectivity index (χ0n) is 14.1. The van der Waals surface area contributed by atoms with Crippen LogP contribution in [0.25, 0.3) is 0 Å². The van der Waals surface area contributed by atoms with E-state index in [1.165, 1.54) is 38.6 Å². The van der Waals surface area contributed by atoms with Crippen molar-refractivity contribution in [2.75, 3.05) is 13.1 Å². The third kappa shape index (κ3) is 5.83. The van der Waals surface area contributed by atoms with Crippen LogP contribution < -0.4 is 5.32 Å². The third-order valence-electron chi connectivity index (χ3n) is 4.71. The second-order valence-electron chi connectivity index (χ2n) is 7.47. The Kier molecular flexibility index (Phi) is 6.82. The van der Waals surface area contributed by atoms with E-state index in [4.69, 9.17) is 0 Å². The molecule has 1 fully saturated rings. The minimum Gasteiger partial charge on any atom is -0.312 e. The summed E-state index contributed by atoms with van der Waals surface area (Å²) in [5.74, 6) is 0.709. The summed E-state index contributed by atoms with van der Waals surface area (Å²) in [5.41, 5.74) is 0.232. The number of nitrogens with one attached hydrogen (secondary N) is 1. The summed E-state index contributed by atoms with van der Waals surface area (Å²) in [7, 11) is 0. The Balaban J connectivity index is 2.49. The van der Waals surface area contributed by atoms with Crippen LogP contribution in [0.5, 0.6) is 0 Å². The maximum atomic E-state index is 3.66. The van der Waals surface area contributed by atoms with Crippen LogP contribution in [0, 0.1) is 5.92 Å². The first-order valence-corrected chi connectivity index (χ1v) is 8.36. The van der Waals surface area contributed by atoms with Crippen molar-refractivity contribution < 1.29 is 0 Å². The molecule has 2 nitrogen and oxygen atoms in total. The topological polar surface area (TPSA) is 15.3 Å². The van der Waals surface area contributed by atoms with E-state index in [2.05, 4.69) is 51.8 Å². The highest BCUT2D eigenvalue weighted by atomic mass is 15.2. The first kappa shape index (κ1) is 17.0. The van der Waals surface area contributed by atoms with Gasteiger partial charge in [0, 0.05) is 17.6 Å². The van der Waals surface area contributed by atoms with Gasteiger partial charge in [-0.1, -0.05) is 33.1 Å². The molecule has 0 amide bonds. The lowest BCUT2D eigenvalue weighted by Crippen LogP contribution is -2.49. The molecule has 0 bridgehead atoms. The van der Waals surface area contributed by atoms with Gasteiger partial charge in [-0.25, -0.2) is 0 Å². The molecule has 0 aromatic rings. The molecular weight excluding hydrogens is 232 g/mol. The Morgan fingerprint density at radius 2 is 1.68 bits per heavy atom. The van der Waals surface area contributed by atoms with Gasteiger partial charge in [-0.15, -0.1) is 0 Å². The fourth-order valence-electron chi connectivity index (χ4n) is 3.26. The van der Waals surface area contributed by atoms with Crippen molar-refractivity contribution in [1.29, 1.82) is 0 Å². The first-order chi connectivity index (χ1) is 8.85. The second-order valence-corrected chi connectivity index (χ2v) is 7.47. The smallest absolute Gasteiger partial charge is 0.0107 e. The molecule has 114 valence electrons. The molecule has 1 saturated carbocycles. The monoisotopic (exact) mass is 268 g/mol. The summed E-state index contributed by atoms with van der Waals surface area (Å²) in [6.07, 6.45) is 7.14. The quantitative estimate of drug-likeness (QED) is 0.781. The van der Waals surface area contributed by atoms with Gasteiger partial charge in [0.25, 0.3) is 0 Å². The molecule has 1 N–H and O–H groups in total. The molecule has 0 spiro atoms. The maximum Gasteiger partial charge on any atom is 0.0107 e. The average molecular weight is 268 g/mol. The third-order valence-corrected chi connectivity index (χ3v) is 4.71. The van der Waals surface area contributed by atoms with E-state index in [0.29, 0.717) is 12.0 Å². The lowest BCUT2D eigenvalue weighted by Gasteiger charge is -2.41. The summed E-state index contributed by atoms with van der Waals surface area (Å²) < 4.78 is 0. The van der Waals surface area contributed by atoms with E-state index in [-0.39, 0.29) is 5.54 Å². The van der Waals surface area contributed by atoms with E-state index in [0.717, 1.165) is 12.6 Å². The van der Waals surface area contributed by atoms with E-state index < -0.39 is 0 Å². The van der Waals surface area contributed by atoms with Crippen molar-refractivity contribution >= 4 is 0 Å². The van der Waals surface area contributed by atoms with Crippen molar-refractivity contribution in [2.24, 2.45) is 5.92 Å². The van der Waals surface area contributed by atoms with Crippen LogP contribution in [0.4, 0.5) is 0 Å². The molecule has 0 saturated heterocycles. The van der Waals surface area contributed by atoms with E-state index in [9.17, 15) is 0 Å². The predicted molar refractivity (Wildman–Crippen MR) is 85.6 cm³/mol. The van der Waals surface area contributed by atoms with E-state index in [1.54, 1.807) is 0 Å². The number of nitrogens with zero attached hydrogens (tertiary/aromatic N) is 1. The summed E-state index contributed by atoms with van der Waals surface area (Å²) in [6.45, 7) is 16.2. The van der Waals surface area contributed by atoms with Gasteiger partial charge < -0.3 is 5.32 Å². The molecule has 2 heteroatoms. The predicted octanol–water partition coefficient (Wildman–Crippen LogP) is 4.05. The SMILES string of the molecule is CCN(C1CCCCC1)C(C)C(C)CNC(C)(C)C. The van der Waals surface area contributed by atoms with Crippen LogP contribution in [0.1, 0.15) is 73.6 Å². The second kappa shape index (κ2) is 7.64. The van der Waals surface area contributed by atoms with Gasteiger partial charge in [0.2, 0.25) is 0 Å². The highest BCUT2D eigenvalue weighted by Gasteiger charge is 2.27. The Morgan fingerprint density at radius 3 is 2.16 bits per heavy atom. The largest absolute Gasteiger partial charge is 0.312 e. The lowest BCUT2D eigenvalue weighted by molar-refractivity contribution is 0.0869. The molecule has 2 atom stereocenters. The minimum atomic E-state index is 0.232. The standard InChI is InChI=1S/C17H36N2/c1-7-19(16-11-9-8-10-12-16)15(3)14(2)13-18-17(4,5)6/h14-16,18H,7-13H2,1-6H3. The zero-order chi connectivity index (χ0) is 14.5. The Morgan fingerprint density at radius 1 is 1.11 bits per heavy atom. The summed E-state index contributed by atoms with van der Waals surface area (Å²) >= 11 is 0. The van der Waals surface area contributed by atoms with Gasteiger partial charge in [0.05, 0.1) is 0 Å². The molecule has 0 aliphatic heterocycles. The van der Waals surface area contributed by atoms with Crippen molar-refractivity contribution in [3.63, 3.8) is 0 Å². The van der Waals surface area contributed by atoms with Crippen LogP contribution in [0.15, 0.2) is 0 Å². The highest BCUT2D eigenvalue weighted by Crippen LogP contribution is 2.26. The summed E-state index contributed by atoms with van der Waals surface area (Å²) in [5, 5.41) is 3.66. The summed E-state index contributed by atoms with van der Waals surface area (Å²) in [4.78, 5) is 2.76. The molecule has 0 radical (unpaired) electrons. The van der Waals surface area contributed by atoms with Gasteiger partial charge >= 0.3 is 0 Å². The van der Waals surface area contributed by atoms with E-state index in [1.807, 2.05) is 0 Å². The van der Waals surface area contributed by atoms with Crippen LogP contribution in [-0.2, 0) is 0 Å². The van der Waals surface area contributed by atoms with Crippen molar-refractivity contribution in [3.05, 3.63) is 0 Å². The Bertz CT molecular complexity index is 238. The minimum absolute atomic E-state index is 0.232. The molecule has 0 aromatic carbocycles. The Labute approximate surface area is 121 Å². The fourth-order valence-corrected chi connectivity index (χ4v) is 3.26. The lowest BCUT2D eigenvalue weighted by atomic mass is 9.91. The Hall–Kier alpha value is -0.0800. The summed E-state index contributed by atoms with van der Waals surface area (Å²) in [6, 6.07) is 1.52. The van der Waals surface area contributed by atoms with Crippen LogP contribution in [0.3, 0.4) is 0 Å². The normalized spacial score (nSPS) is 21.6. The molecule has 1 aliphatic rings. The van der Waals surface area contributed by atoms with E-state index >= 15 is 0 Å². The van der Waals surface area contributed by atoms with Crippen molar-refractivity contribution in [3.8, 4) is 0 Å². The number of hydrogen-bond donors (Lipinski definition) is 1. The van der Waals surface area contributed by atoms with Crippen LogP contribution in [-0.4, -0.2) is 35.6 Å². The fraction of sp³-hybridized carbons (Fsp3) is 1.00. The molecule has 0 aromatic heterocycles. The molecule has 1 aliphatic carbocycles. The molecule has 2 unspecified atom stereocenters. The van der Waals surface area contributed by atoms with Gasteiger partial charge in [0.15, 0.2) is 0 Å². The van der Waals surface area contributed by atoms with Gasteiger partial charge in [0.1, 0.15) is 0 Å². The molecule has 1 rings (SSSR count). The molecule has 0 heterocycles. The van der Waals surface area contributed by atoms with Crippen LogP contribution in [0.2, 0.25) is 0 Å². The molecule has 19 heavy (non-hydrogen) atoms. The average Bonchev–Trinajstić information content (AvgIpc) is 2.37. The number of hydrogen-bond acceptors (Lipinski definition) is 2. The maximum absolute atomic E-state index is 3.66. The number of rotatable bonds is 6. The van der Waals surface area contributed by atoms with Gasteiger partial charge in [-0.05, 0) is 59.5 Å².